The van der Waals surface area contributed by atoms with Crippen LogP contribution in [0.5, 0.6) is 5.75 Å². The summed E-state index contributed by atoms with van der Waals surface area (Å²) in [6, 6.07) is 5.64. The van der Waals surface area contributed by atoms with E-state index in [2.05, 4.69) is 21.2 Å². The van der Waals surface area contributed by atoms with Gasteiger partial charge in [0.1, 0.15) is 5.75 Å². The number of halogens is 1. The second-order valence-corrected chi connectivity index (χ2v) is 6.29. The van der Waals surface area contributed by atoms with Crippen molar-refractivity contribution in [1.29, 1.82) is 0 Å². The van der Waals surface area contributed by atoms with E-state index in [0.29, 0.717) is 12.3 Å². The lowest BCUT2D eigenvalue weighted by Gasteiger charge is -2.24. The molecule has 1 aromatic carbocycles. The average Bonchev–Trinajstić information content (AvgIpc) is 2.29. The summed E-state index contributed by atoms with van der Waals surface area (Å²) in [5, 5.41) is 2.89. The van der Waals surface area contributed by atoms with Gasteiger partial charge in [-0.15, -0.1) is 0 Å². The van der Waals surface area contributed by atoms with E-state index in [0.717, 1.165) is 10.0 Å². The minimum Gasteiger partial charge on any atom is -0.479 e. The SMILES string of the molecule is CC(Oc1c(Br)cccc1CN)C(=O)NC(C)(C)C. The molecule has 3 N–H and O–H groups in total. The number of carbonyl (C=O) groups excluding carboxylic acids is 1. The second-order valence-electron chi connectivity index (χ2n) is 5.43. The molecule has 0 spiro atoms. The Morgan fingerprint density at radius 3 is 2.63 bits per heavy atom. The quantitative estimate of drug-likeness (QED) is 0.892. The molecule has 0 saturated carbocycles. The minimum atomic E-state index is -0.580. The Bertz CT molecular complexity index is 455. The highest BCUT2D eigenvalue weighted by atomic mass is 79.9. The van der Waals surface area contributed by atoms with Crippen LogP contribution < -0.4 is 15.8 Å². The van der Waals surface area contributed by atoms with Crippen molar-refractivity contribution >= 4 is 21.8 Å². The number of carbonyl (C=O) groups is 1. The highest BCUT2D eigenvalue weighted by molar-refractivity contribution is 9.10. The highest BCUT2D eigenvalue weighted by Gasteiger charge is 2.22. The Labute approximate surface area is 122 Å². The molecule has 0 aliphatic heterocycles. The van der Waals surface area contributed by atoms with Gasteiger partial charge >= 0.3 is 0 Å². The lowest BCUT2D eigenvalue weighted by molar-refractivity contribution is -0.128. The molecule has 0 aliphatic carbocycles. The van der Waals surface area contributed by atoms with Gasteiger partial charge < -0.3 is 15.8 Å². The zero-order chi connectivity index (χ0) is 14.6. The number of nitrogens with two attached hydrogens (primary N) is 1. The van der Waals surface area contributed by atoms with Crippen molar-refractivity contribution in [2.75, 3.05) is 0 Å². The van der Waals surface area contributed by atoms with E-state index in [-0.39, 0.29) is 11.4 Å². The molecule has 1 amide bonds. The fourth-order valence-corrected chi connectivity index (χ4v) is 2.05. The molecule has 0 aliphatic rings. The third-order valence-electron chi connectivity index (χ3n) is 2.43. The van der Waals surface area contributed by atoms with E-state index in [4.69, 9.17) is 10.5 Å². The molecule has 1 atom stereocenters. The van der Waals surface area contributed by atoms with Crippen LogP contribution in [-0.2, 0) is 11.3 Å². The van der Waals surface area contributed by atoms with E-state index in [1.165, 1.54) is 0 Å². The average molecular weight is 329 g/mol. The first-order chi connectivity index (χ1) is 8.74. The van der Waals surface area contributed by atoms with Crippen molar-refractivity contribution in [3.8, 4) is 5.75 Å². The molecule has 0 saturated heterocycles. The predicted octanol–water partition coefficient (Wildman–Crippen LogP) is 2.59. The lowest BCUT2D eigenvalue weighted by Crippen LogP contribution is -2.46. The molecule has 1 aromatic rings. The van der Waals surface area contributed by atoms with Crippen LogP contribution in [0.1, 0.15) is 33.3 Å². The van der Waals surface area contributed by atoms with E-state index < -0.39 is 6.10 Å². The van der Waals surface area contributed by atoms with Gasteiger partial charge in [-0.05, 0) is 49.7 Å². The van der Waals surface area contributed by atoms with Crippen LogP contribution in [0.15, 0.2) is 22.7 Å². The Balaban J connectivity index is 2.82. The normalized spacial score (nSPS) is 12.9. The summed E-state index contributed by atoms with van der Waals surface area (Å²) in [7, 11) is 0. The zero-order valence-electron chi connectivity index (χ0n) is 11.8. The molecule has 5 heteroatoms. The van der Waals surface area contributed by atoms with Crippen molar-refractivity contribution in [3.63, 3.8) is 0 Å². The minimum absolute atomic E-state index is 0.147. The number of amides is 1. The standard InChI is InChI=1S/C14H21BrN2O2/c1-9(13(18)17-14(2,3)4)19-12-10(8-16)6-5-7-11(12)15/h5-7,9H,8,16H2,1-4H3,(H,17,18). The van der Waals surface area contributed by atoms with Gasteiger partial charge in [0.2, 0.25) is 0 Å². The number of hydrogen-bond donors (Lipinski definition) is 2. The third kappa shape index (κ3) is 4.84. The molecule has 0 fully saturated rings. The molecular formula is C14H21BrN2O2. The Morgan fingerprint density at radius 2 is 2.11 bits per heavy atom. The summed E-state index contributed by atoms with van der Waals surface area (Å²) in [5.41, 5.74) is 6.26. The number of para-hydroxylation sites is 1. The summed E-state index contributed by atoms with van der Waals surface area (Å²) in [4.78, 5) is 12.0. The van der Waals surface area contributed by atoms with Crippen LogP contribution in [0.2, 0.25) is 0 Å². The Hall–Kier alpha value is -1.07. The van der Waals surface area contributed by atoms with Crippen LogP contribution in [0, 0.1) is 0 Å². The van der Waals surface area contributed by atoms with Crippen molar-refractivity contribution in [2.24, 2.45) is 5.73 Å². The fourth-order valence-electron chi connectivity index (χ4n) is 1.55. The van der Waals surface area contributed by atoms with Gasteiger partial charge in [-0.3, -0.25) is 4.79 Å². The van der Waals surface area contributed by atoms with Crippen LogP contribution in [-0.4, -0.2) is 17.6 Å². The van der Waals surface area contributed by atoms with E-state index >= 15 is 0 Å². The summed E-state index contributed by atoms with van der Waals surface area (Å²) in [6.45, 7) is 7.88. The number of ether oxygens (including phenoxy) is 1. The van der Waals surface area contributed by atoms with Gasteiger partial charge in [0.25, 0.3) is 5.91 Å². The number of rotatable bonds is 4. The number of hydrogen-bond acceptors (Lipinski definition) is 3. The van der Waals surface area contributed by atoms with Gasteiger partial charge in [0.05, 0.1) is 4.47 Å². The molecule has 0 bridgehead atoms. The maximum absolute atomic E-state index is 12.0. The number of benzene rings is 1. The fraction of sp³-hybridized carbons (Fsp3) is 0.500. The van der Waals surface area contributed by atoms with Crippen LogP contribution >= 0.6 is 15.9 Å². The maximum atomic E-state index is 12.0. The summed E-state index contributed by atoms with van der Waals surface area (Å²) >= 11 is 3.41. The Morgan fingerprint density at radius 1 is 1.47 bits per heavy atom. The third-order valence-corrected chi connectivity index (χ3v) is 3.05. The topological polar surface area (TPSA) is 64.3 Å². The largest absolute Gasteiger partial charge is 0.479 e. The van der Waals surface area contributed by atoms with Crippen molar-refractivity contribution in [3.05, 3.63) is 28.2 Å². The molecule has 19 heavy (non-hydrogen) atoms. The Kier molecular flexibility index (Phi) is 5.38. The lowest BCUT2D eigenvalue weighted by atomic mass is 10.1. The first-order valence-corrected chi connectivity index (χ1v) is 7.00. The summed E-state index contributed by atoms with van der Waals surface area (Å²) in [5.74, 6) is 0.479. The molecule has 4 nitrogen and oxygen atoms in total. The molecule has 1 rings (SSSR count). The van der Waals surface area contributed by atoms with Crippen LogP contribution in [0.4, 0.5) is 0 Å². The van der Waals surface area contributed by atoms with Gasteiger partial charge in [0, 0.05) is 17.6 Å². The molecule has 106 valence electrons. The monoisotopic (exact) mass is 328 g/mol. The van der Waals surface area contributed by atoms with E-state index in [1.807, 2.05) is 39.0 Å². The van der Waals surface area contributed by atoms with Gasteiger partial charge in [0.15, 0.2) is 6.10 Å². The van der Waals surface area contributed by atoms with E-state index in [9.17, 15) is 4.79 Å². The summed E-state index contributed by atoms with van der Waals surface area (Å²) in [6.07, 6.45) is -0.580. The zero-order valence-corrected chi connectivity index (χ0v) is 13.4. The smallest absolute Gasteiger partial charge is 0.261 e. The molecule has 1 unspecified atom stereocenters. The van der Waals surface area contributed by atoms with Gasteiger partial charge in [-0.2, -0.15) is 0 Å². The number of nitrogens with one attached hydrogen (secondary N) is 1. The van der Waals surface area contributed by atoms with Crippen LogP contribution in [0.25, 0.3) is 0 Å². The molecule has 0 radical (unpaired) electrons. The van der Waals surface area contributed by atoms with Crippen molar-refractivity contribution in [1.82, 2.24) is 5.32 Å². The maximum Gasteiger partial charge on any atom is 0.261 e. The predicted molar refractivity (Wildman–Crippen MR) is 80.0 cm³/mol. The van der Waals surface area contributed by atoms with Gasteiger partial charge in [-0.25, -0.2) is 0 Å². The first kappa shape index (κ1) is 16.0. The molecular weight excluding hydrogens is 308 g/mol. The van der Waals surface area contributed by atoms with Crippen LogP contribution in [0.3, 0.4) is 0 Å². The summed E-state index contributed by atoms with van der Waals surface area (Å²) < 4.78 is 6.53. The molecule has 0 aromatic heterocycles. The second kappa shape index (κ2) is 6.39. The van der Waals surface area contributed by atoms with Crippen molar-refractivity contribution in [2.45, 2.75) is 45.9 Å². The molecule has 0 heterocycles. The highest BCUT2D eigenvalue weighted by Crippen LogP contribution is 2.29. The van der Waals surface area contributed by atoms with E-state index in [1.54, 1.807) is 6.92 Å². The first-order valence-electron chi connectivity index (χ1n) is 6.20. The van der Waals surface area contributed by atoms with Crippen molar-refractivity contribution < 1.29 is 9.53 Å². The van der Waals surface area contributed by atoms with Gasteiger partial charge in [-0.1, -0.05) is 12.1 Å².